The molecule has 26 heavy (non-hydrogen) atoms. The Hall–Kier alpha value is -1.11. The summed E-state index contributed by atoms with van der Waals surface area (Å²) in [5, 5.41) is 1.11. The minimum absolute atomic E-state index is 0.344. The average Bonchev–Trinajstić information content (AvgIpc) is 2.61. The highest BCUT2D eigenvalue weighted by molar-refractivity contribution is 7.91. The zero-order valence-electron chi connectivity index (χ0n) is 14.9. The van der Waals surface area contributed by atoms with Crippen molar-refractivity contribution >= 4 is 58.0 Å². The first-order valence-electron chi connectivity index (χ1n) is 7.78. The molecule has 2 aromatic carbocycles. The summed E-state index contributed by atoms with van der Waals surface area (Å²) in [7, 11) is 1.53. The smallest absolute Gasteiger partial charge is 0.191 e. The minimum atomic E-state index is -1.42. The minimum Gasteiger partial charge on any atom is -0.591 e. The lowest BCUT2D eigenvalue weighted by atomic mass is 9.96. The van der Waals surface area contributed by atoms with Crippen molar-refractivity contribution in [2.75, 3.05) is 7.11 Å². The Labute approximate surface area is 172 Å². The normalized spacial score (nSPS) is 13.0. The van der Waals surface area contributed by atoms with E-state index in [0.717, 1.165) is 16.7 Å². The molecule has 0 heterocycles. The Balaban J connectivity index is 2.64. The van der Waals surface area contributed by atoms with E-state index >= 15 is 0 Å². The first-order chi connectivity index (χ1) is 12.2. The molecule has 0 aliphatic carbocycles. The van der Waals surface area contributed by atoms with Crippen LogP contribution in [0.4, 0.5) is 0 Å². The standard InChI is InChI=1S/C19H19Cl2NO2S2/c1-19(2,3)26(23)22-11-15-13(9-10-16(20)17(15)21)12-7-5-6-8-14(12)18(25)24-4/h5-11H,1-4H3. The number of benzene rings is 2. The largest absolute Gasteiger partial charge is 0.591 e. The molecule has 138 valence electrons. The Kier molecular flexibility index (Phi) is 7.11. The molecule has 7 heteroatoms. The van der Waals surface area contributed by atoms with E-state index in [9.17, 15) is 4.55 Å². The number of rotatable bonds is 4. The molecule has 0 saturated carbocycles. The van der Waals surface area contributed by atoms with Crippen LogP contribution in [0.3, 0.4) is 0 Å². The van der Waals surface area contributed by atoms with Crippen LogP contribution < -0.4 is 0 Å². The lowest BCUT2D eigenvalue weighted by Crippen LogP contribution is -2.25. The summed E-state index contributed by atoms with van der Waals surface area (Å²) in [6.07, 6.45) is 1.51. The molecule has 0 N–H and O–H groups in total. The van der Waals surface area contributed by atoms with E-state index in [4.69, 9.17) is 40.2 Å². The number of methoxy groups -OCH3 is 1. The highest BCUT2D eigenvalue weighted by atomic mass is 35.5. The van der Waals surface area contributed by atoms with Crippen LogP contribution in [0.1, 0.15) is 31.9 Å². The first-order valence-corrected chi connectivity index (χ1v) is 10.1. The van der Waals surface area contributed by atoms with Gasteiger partial charge in [-0.15, -0.1) is 0 Å². The summed E-state index contributed by atoms with van der Waals surface area (Å²) < 4.78 is 21.2. The molecule has 0 aliphatic rings. The van der Waals surface area contributed by atoms with Gasteiger partial charge in [0.2, 0.25) is 0 Å². The van der Waals surface area contributed by atoms with Crippen molar-refractivity contribution in [3.8, 4) is 11.1 Å². The zero-order chi connectivity index (χ0) is 19.5. The summed E-state index contributed by atoms with van der Waals surface area (Å²) >= 11 is 16.5. The molecule has 0 saturated heterocycles. The molecule has 1 atom stereocenters. The molecule has 0 spiro atoms. The maximum atomic E-state index is 12.3. The monoisotopic (exact) mass is 427 g/mol. The summed E-state index contributed by atoms with van der Waals surface area (Å²) in [5.41, 5.74) is 2.96. The molecule has 0 amide bonds. The van der Waals surface area contributed by atoms with Crippen molar-refractivity contribution < 1.29 is 9.29 Å². The third-order valence-electron chi connectivity index (χ3n) is 3.56. The van der Waals surface area contributed by atoms with Crippen molar-refractivity contribution in [2.45, 2.75) is 25.5 Å². The van der Waals surface area contributed by atoms with Gasteiger partial charge in [0.05, 0.1) is 23.4 Å². The second-order valence-corrected chi connectivity index (χ2v) is 9.55. The predicted molar refractivity (Wildman–Crippen MR) is 116 cm³/mol. The summed E-state index contributed by atoms with van der Waals surface area (Å²) in [5.74, 6) is 0. The van der Waals surface area contributed by atoms with Crippen molar-refractivity contribution in [3.63, 3.8) is 0 Å². The average molecular weight is 428 g/mol. The highest BCUT2D eigenvalue weighted by Gasteiger charge is 2.26. The van der Waals surface area contributed by atoms with Crippen molar-refractivity contribution in [1.29, 1.82) is 0 Å². The molecule has 0 aromatic heterocycles. The molecule has 3 nitrogen and oxygen atoms in total. The molecular formula is C19H19Cl2NO2S2. The molecule has 0 fully saturated rings. The van der Waals surface area contributed by atoms with Crippen LogP contribution in [0.5, 0.6) is 0 Å². The van der Waals surface area contributed by atoms with Crippen LogP contribution in [0, 0.1) is 0 Å². The highest BCUT2D eigenvalue weighted by Crippen LogP contribution is 2.35. The van der Waals surface area contributed by atoms with Crippen LogP contribution in [0.2, 0.25) is 10.0 Å². The van der Waals surface area contributed by atoms with Crippen LogP contribution >= 0.6 is 35.4 Å². The van der Waals surface area contributed by atoms with Crippen molar-refractivity contribution in [2.24, 2.45) is 4.40 Å². The number of thiocarbonyl (C=S) groups is 1. The predicted octanol–water partition coefficient (Wildman–Crippen LogP) is 5.86. The lowest BCUT2D eigenvalue weighted by molar-refractivity contribution is 0.416. The molecular weight excluding hydrogens is 409 g/mol. The Morgan fingerprint density at radius 3 is 2.42 bits per heavy atom. The quantitative estimate of drug-likeness (QED) is 0.348. The topological polar surface area (TPSA) is 44.6 Å². The number of halogens is 2. The second kappa shape index (κ2) is 8.72. The van der Waals surface area contributed by atoms with Gasteiger partial charge in [0.1, 0.15) is 16.1 Å². The van der Waals surface area contributed by atoms with E-state index in [-0.39, 0.29) is 0 Å². The van der Waals surface area contributed by atoms with Gasteiger partial charge in [0.15, 0.2) is 5.05 Å². The Morgan fingerprint density at radius 1 is 1.15 bits per heavy atom. The zero-order valence-corrected chi connectivity index (χ0v) is 18.0. The van der Waals surface area contributed by atoms with Gasteiger partial charge in [0.25, 0.3) is 0 Å². The fraction of sp³-hybridized carbons (Fsp3) is 0.263. The van der Waals surface area contributed by atoms with Gasteiger partial charge in [-0.3, -0.25) is 0 Å². The molecule has 0 radical (unpaired) electrons. The fourth-order valence-electron chi connectivity index (χ4n) is 2.19. The molecule has 1 unspecified atom stereocenters. The van der Waals surface area contributed by atoms with Gasteiger partial charge in [-0.2, -0.15) is 0 Å². The van der Waals surface area contributed by atoms with E-state index in [1.165, 1.54) is 13.3 Å². The van der Waals surface area contributed by atoms with Gasteiger partial charge in [-0.1, -0.05) is 51.9 Å². The van der Waals surface area contributed by atoms with Gasteiger partial charge in [0, 0.05) is 11.1 Å². The third kappa shape index (κ3) is 4.78. The lowest BCUT2D eigenvalue weighted by Gasteiger charge is -2.18. The fourth-order valence-corrected chi connectivity index (χ4v) is 3.27. The molecule has 2 rings (SSSR count). The summed E-state index contributed by atoms with van der Waals surface area (Å²) in [6, 6.07) is 11.1. The van der Waals surface area contributed by atoms with E-state index < -0.39 is 16.1 Å². The SMILES string of the molecule is COC(=S)c1ccccc1-c1ccc(Cl)c(Cl)c1C=N[S+]([O-])C(C)(C)C. The second-order valence-electron chi connectivity index (χ2n) is 6.46. The van der Waals surface area contributed by atoms with Gasteiger partial charge >= 0.3 is 0 Å². The van der Waals surface area contributed by atoms with Crippen LogP contribution in [0.15, 0.2) is 40.8 Å². The van der Waals surface area contributed by atoms with E-state index in [1.807, 2.05) is 51.1 Å². The molecule has 0 aliphatic heterocycles. The summed E-state index contributed by atoms with van der Waals surface area (Å²) in [4.78, 5) is 0. The third-order valence-corrected chi connectivity index (χ3v) is 6.11. The van der Waals surface area contributed by atoms with Crippen LogP contribution in [0.25, 0.3) is 11.1 Å². The Bertz CT molecular complexity index is 848. The van der Waals surface area contributed by atoms with Gasteiger partial charge < -0.3 is 9.29 Å². The number of hydrogen-bond acceptors (Lipinski definition) is 4. The van der Waals surface area contributed by atoms with Crippen molar-refractivity contribution in [1.82, 2.24) is 0 Å². The van der Waals surface area contributed by atoms with Crippen LogP contribution in [-0.4, -0.2) is 27.7 Å². The number of ether oxygens (including phenoxy) is 1. The molecule has 2 aromatic rings. The summed E-state index contributed by atoms with van der Waals surface area (Å²) in [6.45, 7) is 5.56. The number of hydrogen-bond donors (Lipinski definition) is 0. The first kappa shape index (κ1) is 21.2. The van der Waals surface area contributed by atoms with Gasteiger partial charge in [-0.05, 0) is 56.2 Å². The maximum Gasteiger partial charge on any atom is 0.191 e. The number of nitrogens with zero attached hydrogens (tertiary/aromatic N) is 1. The van der Waals surface area contributed by atoms with Crippen LogP contribution in [-0.2, 0) is 16.1 Å². The Morgan fingerprint density at radius 2 is 1.81 bits per heavy atom. The van der Waals surface area contributed by atoms with Gasteiger partial charge in [-0.25, -0.2) is 0 Å². The van der Waals surface area contributed by atoms with E-state index in [2.05, 4.69) is 4.40 Å². The van der Waals surface area contributed by atoms with E-state index in [0.29, 0.717) is 20.7 Å². The van der Waals surface area contributed by atoms with Crippen molar-refractivity contribution in [3.05, 3.63) is 57.6 Å². The maximum absolute atomic E-state index is 12.3. The van der Waals surface area contributed by atoms with E-state index in [1.54, 1.807) is 6.07 Å². The molecule has 0 bridgehead atoms.